The third-order valence-electron chi connectivity index (χ3n) is 5.49. The maximum absolute atomic E-state index is 6.52. The summed E-state index contributed by atoms with van der Waals surface area (Å²) in [6.45, 7) is 2.90. The maximum atomic E-state index is 6.52. The lowest BCUT2D eigenvalue weighted by molar-refractivity contribution is -0.189. The summed E-state index contributed by atoms with van der Waals surface area (Å²) in [7, 11) is 0. The first-order valence-corrected chi connectivity index (χ1v) is 11.7. The molecule has 3 heterocycles. The first kappa shape index (κ1) is 23.2. The van der Waals surface area contributed by atoms with E-state index in [0.29, 0.717) is 46.3 Å². The molecule has 1 saturated heterocycles. The van der Waals surface area contributed by atoms with Crippen molar-refractivity contribution in [2.75, 3.05) is 13.2 Å². The van der Waals surface area contributed by atoms with Crippen molar-refractivity contribution < 1.29 is 14.2 Å². The van der Waals surface area contributed by atoms with Crippen molar-refractivity contribution in [2.24, 2.45) is 0 Å². The summed E-state index contributed by atoms with van der Waals surface area (Å²) < 4.78 is 22.4. The maximum Gasteiger partial charge on any atom is 0.215 e. The minimum atomic E-state index is -1.09. The summed E-state index contributed by atoms with van der Waals surface area (Å²) in [4.78, 5) is 4.12. The van der Waals surface area contributed by atoms with Crippen LogP contribution in [0.1, 0.15) is 11.4 Å². The van der Waals surface area contributed by atoms with Gasteiger partial charge in [-0.05, 0) is 43.3 Å². The van der Waals surface area contributed by atoms with Crippen molar-refractivity contribution in [3.8, 4) is 11.4 Å². The molecular weight excluding hydrogens is 497 g/mol. The van der Waals surface area contributed by atoms with Crippen LogP contribution < -0.4 is 4.74 Å². The van der Waals surface area contributed by atoms with Gasteiger partial charge in [-0.2, -0.15) is 0 Å². The van der Waals surface area contributed by atoms with Crippen LogP contribution in [0.2, 0.25) is 10.0 Å². The molecule has 0 saturated carbocycles. The Labute approximate surface area is 211 Å². The van der Waals surface area contributed by atoms with Crippen LogP contribution in [0.5, 0.6) is 5.75 Å². The number of benzene rings is 2. The number of rotatable bonds is 7. The molecule has 2 aromatic carbocycles. The van der Waals surface area contributed by atoms with Gasteiger partial charge in [0.2, 0.25) is 5.79 Å². The van der Waals surface area contributed by atoms with Crippen LogP contribution in [0.15, 0.2) is 66.3 Å². The van der Waals surface area contributed by atoms with Gasteiger partial charge >= 0.3 is 0 Å². The molecule has 0 spiro atoms. The van der Waals surface area contributed by atoms with E-state index in [-0.39, 0.29) is 6.10 Å². The molecule has 176 valence electrons. The molecule has 11 heteroatoms. The molecule has 0 amide bonds. The quantitative estimate of drug-likeness (QED) is 0.357. The molecule has 8 nitrogen and oxygen atoms in total. The number of halogens is 2. The molecule has 0 radical (unpaired) electrons. The average Bonchev–Trinajstić information content (AvgIpc) is 3.55. The molecule has 0 aliphatic carbocycles. The van der Waals surface area contributed by atoms with E-state index in [9.17, 15) is 0 Å². The van der Waals surface area contributed by atoms with E-state index in [4.69, 9.17) is 37.4 Å². The van der Waals surface area contributed by atoms with E-state index >= 15 is 0 Å². The highest BCUT2D eigenvalue weighted by Gasteiger charge is 2.45. The predicted octanol–water partition coefficient (Wildman–Crippen LogP) is 4.72. The van der Waals surface area contributed by atoms with Gasteiger partial charge in [0.05, 0.1) is 24.5 Å². The summed E-state index contributed by atoms with van der Waals surface area (Å²) in [5.74, 6) is 0.371. The molecule has 1 aliphatic rings. The van der Waals surface area contributed by atoms with E-state index in [2.05, 4.69) is 27.8 Å². The number of thiol groups is 1. The normalized spacial score (nSPS) is 20.1. The fourth-order valence-electron chi connectivity index (χ4n) is 3.91. The Balaban J connectivity index is 1.30. The van der Waals surface area contributed by atoms with Crippen molar-refractivity contribution in [1.82, 2.24) is 24.3 Å². The van der Waals surface area contributed by atoms with Gasteiger partial charge in [-0.1, -0.05) is 29.3 Å². The molecule has 5 rings (SSSR count). The van der Waals surface area contributed by atoms with E-state index in [1.807, 2.05) is 52.6 Å². The number of aromatic nitrogens is 5. The summed E-state index contributed by atoms with van der Waals surface area (Å²) in [5.41, 5.74) is 1.60. The lowest BCUT2D eigenvalue weighted by atomic mass is 10.1. The Morgan fingerprint density at radius 1 is 1.18 bits per heavy atom. The Morgan fingerprint density at radius 2 is 2.00 bits per heavy atom. The van der Waals surface area contributed by atoms with Gasteiger partial charge in [0.25, 0.3) is 0 Å². The summed E-state index contributed by atoms with van der Waals surface area (Å²) >= 11 is 17.0. The molecule has 4 aromatic rings. The van der Waals surface area contributed by atoms with Gasteiger partial charge in [0.15, 0.2) is 5.16 Å². The van der Waals surface area contributed by atoms with Crippen LogP contribution in [0.3, 0.4) is 0 Å². The van der Waals surface area contributed by atoms with Crippen LogP contribution in [-0.4, -0.2) is 43.6 Å². The highest BCUT2D eigenvalue weighted by atomic mass is 35.5. The highest BCUT2D eigenvalue weighted by Crippen LogP contribution is 2.40. The Hall–Kier alpha value is -2.56. The van der Waals surface area contributed by atoms with Crippen LogP contribution in [0.4, 0.5) is 0 Å². The lowest BCUT2D eigenvalue weighted by Crippen LogP contribution is -2.34. The minimum absolute atomic E-state index is 0.305. The number of nitrogens with zero attached hydrogens (tertiary/aromatic N) is 5. The second-order valence-corrected chi connectivity index (χ2v) is 9.09. The van der Waals surface area contributed by atoms with Crippen molar-refractivity contribution in [2.45, 2.75) is 30.5 Å². The number of hydrogen-bond acceptors (Lipinski definition) is 7. The fourth-order valence-corrected chi connectivity index (χ4v) is 4.77. The minimum Gasteiger partial charge on any atom is -0.491 e. The standard InChI is InChI=1S/C23H21Cl2N5O3S/c1-15-27-28-22(34)30(15)17-3-5-18(6-4-17)31-11-19-12-32-23(33-19,13-29-9-8-26-14-29)20-7-2-16(24)10-21(20)25/h2-10,14,19H,11-13H2,1H3,(H,28,34). The SMILES string of the molecule is Cc1nnc(S)n1-c1ccc(OCC2COC(Cn3ccnc3)(c3ccc(Cl)cc3Cl)O2)cc1. The van der Waals surface area contributed by atoms with E-state index in [0.717, 1.165) is 11.5 Å². The highest BCUT2D eigenvalue weighted by molar-refractivity contribution is 7.80. The molecule has 2 atom stereocenters. The fraction of sp³-hybridized carbons (Fsp3) is 0.261. The zero-order valence-corrected chi connectivity index (χ0v) is 20.5. The van der Waals surface area contributed by atoms with Crippen molar-refractivity contribution in [3.05, 3.63) is 82.6 Å². The monoisotopic (exact) mass is 517 g/mol. The summed E-state index contributed by atoms with van der Waals surface area (Å²) in [6.07, 6.45) is 4.95. The van der Waals surface area contributed by atoms with Gasteiger partial charge in [0.1, 0.15) is 24.3 Å². The van der Waals surface area contributed by atoms with Crippen LogP contribution in [-0.2, 0) is 21.8 Å². The van der Waals surface area contributed by atoms with Crippen LogP contribution >= 0.6 is 35.8 Å². The van der Waals surface area contributed by atoms with E-state index < -0.39 is 5.79 Å². The lowest BCUT2D eigenvalue weighted by Gasteiger charge is -2.30. The summed E-state index contributed by atoms with van der Waals surface area (Å²) in [5, 5.41) is 9.54. The molecule has 2 aromatic heterocycles. The molecular formula is C23H21Cl2N5O3S. The summed E-state index contributed by atoms with van der Waals surface area (Å²) in [6, 6.07) is 12.9. The largest absolute Gasteiger partial charge is 0.491 e. The number of hydrogen-bond donors (Lipinski definition) is 1. The van der Waals surface area contributed by atoms with Gasteiger partial charge in [-0.15, -0.1) is 22.8 Å². The van der Waals surface area contributed by atoms with Crippen molar-refractivity contribution in [3.63, 3.8) is 0 Å². The second kappa shape index (κ2) is 9.59. The zero-order chi connectivity index (χ0) is 23.7. The molecule has 0 bridgehead atoms. The average molecular weight is 518 g/mol. The second-order valence-electron chi connectivity index (χ2n) is 7.85. The Kier molecular flexibility index (Phi) is 6.54. The van der Waals surface area contributed by atoms with Crippen LogP contribution in [0, 0.1) is 6.92 Å². The molecule has 0 N–H and O–H groups in total. The number of ether oxygens (including phenoxy) is 3. The number of imidazole rings is 1. The Bertz CT molecular complexity index is 1260. The van der Waals surface area contributed by atoms with Crippen LogP contribution in [0.25, 0.3) is 5.69 Å². The predicted molar refractivity (Wildman–Crippen MR) is 130 cm³/mol. The van der Waals surface area contributed by atoms with Gasteiger partial charge in [0, 0.05) is 28.7 Å². The first-order valence-electron chi connectivity index (χ1n) is 10.5. The number of aryl methyl sites for hydroxylation is 1. The van der Waals surface area contributed by atoms with Crippen molar-refractivity contribution >= 4 is 35.8 Å². The van der Waals surface area contributed by atoms with E-state index in [1.165, 1.54) is 0 Å². The zero-order valence-electron chi connectivity index (χ0n) is 18.1. The van der Waals surface area contributed by atoms with Gasteiger partial charge in [-0.3, -0.25) is 4.57 Å². The third kappa shape index (κ3) is 4.67. The molecule has 1 fully saturated rings. The first-order chi connectivity index (χ1) is 16.4. The van der Waals surface area contributed by atoms with Gasteiger partial charge < -0.3 is 18.8 Å². The van der Waals surface area contributed by atoms with Gasteiger partial charge in [-0.25, -0.2) is 4.98 Å². The molecule has 1 aliphatic heterocycles. The third-order valence-corrected chi connectivity index (χ3v) is 6.33. The van der Waals surface area contributed by atoms with E-state index in [1.54, 1.807) is 24.7 Å². The topological polar surface area (TPSA) is 76.2 Å². The smallest absolute Gasteiger partial charge is 0.215 e. The van der Waals surface area contributed by atoms with Crippen molar-refractivity contribution in [1.29, 1.82) is 0 Å². The Morgan fingerprint density at radius 3 is 2.68 bits per heavy atom. The molecule has 2 unspecified atom stereocenters. The molecule has 34 heavy (non-hydrogen) atoms.